The van der Waals surface area contributed by atoms with Crippen LogP contribution in [0.4, 0.5) is 0 Å². The molecule has 0 fully saturated rings. The number of aliphatic hydroxyl groups is 1. The zero-order chi connectivity index (χ0) is 16.9. The van der Waals surface area contributed by atoms with Crippen LogP contribution in [-0.2, 0) is 4.79 Å². The molecule has 120 valence electrons. The lowest BCUT2D eigenvalue weighted by Gasteiger charge is -2.45. The van der Waals surface area contributed by atoms with Crippen LogP contribution in [0.25, 0.3) is 0 Å². The molecule has 1 amide bonds. The summed E-state index contributed by atoms with van der Waals surface area (Å²) >= 11 is 0. The molecular formula is C18H20N2O3. The molecule has 2 atom stereocenters. The van der Waals surface area contributed by atoms with Gasteiger partial charge in [-0.25, -0.2) is 0 Å². The predicted octanol–water partition coefficient (Wildman–Crippen LogP) is 2.31. The van der Waals surface area contributed by atoms with Gasteiger partial charge in [0.2, 0.25) is 5.91 Å². The van der Waals surface area contributed by atoms with Crippen molar-refractivity contribution in [3.8, 4) is 11.8 Å². The summed E-state index contributed by atoms with van der Waals surface area (Å²) in [5, 5.41) is 20.0. The number of carbonyl (C=O) groups is 1. The summed E-state index contributed by atoms with van der Waals surface area (Å²) < 4.78 is 5.90. The smallest absolute Gasteiger partial charge is 0.250 e. The average molecular weight is 312 g/mol. The van der Waals surface area contributed by atoms with Crippen molar-refractivity contribution in [2.24, 2.45) is 0 Å². The molecule has 0 saturated heterocycles. The Morgan fingerprint density at radius 2 is 2.09 bits per heavy atom. The Morgan fingerprint density at radius 3 is 2.65 bits per heavy atom. The molecule has 0 aliphatic carbocycles. The van der Waals surface area contributed by atoms with Gasteiger partial charge in [-0.15, -0.1) is 0 Å². The van der Waals surface area contributed by atoms with Crippen molar-refractivity contribution in [2.75, 3.05) is 6.54 Å². The quantitative estimate of drug-likeness (QED) is 0.863. The zero-order valence-corrected chi connectivity index (χ0v) is 13.8. The van der Waals surface area contributed by atoms with E-state index in [0.717, 1.165) is 11.1 Å². The molecule has 0 spiro atoms. The van der Waals surface area contributed by atoms with E-state index < -0.39 is 17.7 Å². The summed E-state index contributed by atoms with van der Waals surface area (Å²) in [5.74, 6) is 0.539. The maximum absolute atomic E-state index is 12.6. The van der Waals surface area contributed by atoms with Gasteiger partial charge in [-0.1, -0.05) is 0 Å². The number of aliphatic hydroxyl groups excluding tert-OH is 1. The van der Waals surface area contributed by atoms with Crippen LogP contribution in [0.5, 0.6) is 5.75 Å². The molecule has 1 aromatic rings. The highest BCUT2D eigenvalue weighted by molar-refractivity contribution is 5.96. The molecule has 0 saturated carbocycles. The molecule has 5 nitrogen and oxygen atoms in total. The summed E-state index contributed by atoms with van der Waals surface area (Å²) in [5.41, 5.74) is 2.07. The molecule has 2 aliphatic heterocycles. The Bertz CT molecular complexity index is 758. The van der Waals surface area contributed by atoms with Gasteiger partial charge in [0.05, 0.1) is 17.7 Å². The normalized spacial score (nSPS) is 25.9. The number of rotatable bonds is 1. The van der Waals surface area contributed by atoms with Crippen LogP contribution in [0.15, 0.2) is 29.3 Å². The monoisotopic (exact) mass is 312 g/mol. The SMILES string of the molecule is CC1=C(C)C(=O)N(C2c3cc(C#N)ccc3OC(C)(C)C2O)C1. The van der Waals surface area contributed by atoms with Crippen LogP contribution in [0.1, 0.15) is 44.9 Å². The molecule has 23 heavy (non-hydrogen) atoms. The van der Waals surface area contributed by atoms with E-state index in [-0.39, 0.29) is 5.91 Å². The van der Waals surface area contributed by atoms with Crippen molar-refractivity contribution in [3.05, 3.63) is 40.5 Å². The third kappa shape index (κ3) is 2.30. The first-order valence-electron chi connectivity index (χ1n) is 7.64. The van der Waals surface area contributed by atoms with Gasteiger partial charge in [-0.05, 0) is 51.5 Å². The topological polar surface area (TPSA) is 73.6 Å². The fraction of sp³-hybridized carbons (Fsp3) is 0.444. The van der Waals surface area contributed by atoms with E-state index in [0.29, 0.717) is 23.4 Å². The second-order valence-electron chi connectivity index (χ2n) is 6.80. The number of nitrogens with zero attached hydrogens (tertiary/aromatic N) is 2. The Labute approximate surface area is 135 Å². The van der Waals surface area contributed by atoms with Gasteiger partial charge in [0.1, 0.15) is 17.5 Å². The third-order valence-electron chi connectivity index (χ3n) is 4.81. The number of hydrogen-bond acceptors (Lipinski definition) is 4. The Morgan fingerprint density at radius 1 is 1.39 bits per heavy atom. The van der Waals surface area contributed by atoms with Crippen molar-refractivity contribution in [1.29, 1.82) is 5.26 Å². The highest BCUT2D eigenvalue weighted by Crippen LogP contribution is 2.44. The largest absolute Gasteiger partial charge is 0.485 e. The number of nitriles is 1. The highest BCUT2D eigenvalue weighted by atomic mass is 16.5. The summed E-state index contributed by atoms with van der Waals surface area (Å²) in [4.78, 5) is 14.3. The summed E-state index contributed by atoms with van der Waals surface area (Å²) in [7, 11) is 0. The number of hydrogen-bond donors (Lipinski definition) is 1. The molecule has 0 radical (unpaired) electrons. The molecule has 0 aromatic heterocycles. The lowest BCUT2D eigenvalue weighted by Crippen LogP contribution is -2.54. The lowest BCUT2D eigenvalue weighted by atomic mass is 9.85. The van der Waals surface area contributed by atoms with Gasteiger partial charge in [-0.3, -0.25) is 4.79 Å². The molecule has 3 rings (SSSR count). The number of fused-ring (bicyclic) bond motifs is 1. The Kier molecular flexibility index (Phi) is 3.46. The van der Waals surface area contributed by atoms with Crippen LogP contribution < -0.4 is 4.74 Å². The van der Waals surface area contributed by atoms with Gasteiger partial charge < -0.3 is 14.7 Å². The van der Waals surface area contributed by atoms with Crippen LogP contribution >= 0.6 is 0 Å². The standard InChI is InChI=1S/C18H20N2O3/c1-10-9-20(17(22)11(10)2)15-13-7-12(8-19)5-6-14(13)23-18(3,4)16(15)21/h5-7,15-16,21H,9H2,1-4H3. The van der Waals surface area contributed by atoms with E-state index in [9.17, 15) is 9.90 Å². The summed E-state index contributed by atoms with van der Waals surface area (Å²) in [6.45, 7) is 7.83. The molecule has 2 aliphatic rings. The first kappa shape index (κ1) is 15.6. The van der Waals surface area contributed by atoms with Gasteiger partial charge >= 0.3 is 0 Å². The van der Waals surface area contributed by atoms with Crippen molar-refractivity contribution in [2.45, 2.75) is 45.4 Å². The molecule has 2 unspecified atom stereocenters. The van der Waals surface area contributed by atoms with Crippen LogP contribution in [0, 0.1) is 11.3 Å². The van der Waals surface area contributed by atoms with Crippen molar-refractivity contribution < 1.29 is 14.6 Å². The van der Waals surface area contributed by atoms with Crippen molar-refractivity contribution in [3.63, 3.8) is 0 Å². The first-order chi connectivity index (χ1) is 10.8. The van der Waals surface area contributed by atoms with E-state index in [1.807, 2.05) is 6.92 Å². The Hall–Kier alpha value is -2.32. The van der Waals surface area contributed by atoms with Crippen LogP contribution in [-0.4, -0.2) is 34.2 Å². The minimum atomic E-state index is -0.883. The van der Waals surface area contributed by atoms with Gasteiger partial charge in [0.25, 0.3) is 0 Å². The molecular weight excluding hydrogens is 292 g/mol. The van der Waals surface area contributed by atoms with E-state index in [2.05, 4.69) is 6.07 Å². The zero-order valence-electron chi connectivity index (χ0n) is 13.8. The third-order valence-corrected chi connectivity index (χ3v) is 4.81. The fourth-order valence-corrected chi connectivity index (χ4v) is 3.24. The minimum Gasteiger partial charge on any atom is -0.485 e. The maximum Gasteiger partial charge on any atom is 0.250 e. The first-order valence-corrected chi connectivity index (χ1v) is 7.64. The van der Waals surface area contributed by atoms with Gasteiger partial charge in [-0.2, -0.15) is 5.26 Å². The van der Waals surface area contributed by atoms with Crippen molar-refractivity contribution in [1.82, 2.24) is 4.90 Å². The second kappa shape index (κ2) is 5.10. The van der Waals surface area contributed by atoms with Crippen molar-refractivity contribution >= 4 is 5.91 Å². The Balaban J connectivity index is 2.12. The maximum atomic E-state index is 12.6. The van der Waals surface area contributed by atoms with Crippen LogP contribution in [0.2, 0.25) is 0 Å². The number of carbonyl (C=O) groups excluding carboxylic acids is 1. The summed E-state index contributed by atoms with van der Waals surface area (Å²) in [6, 6.07) is 6.70. The molecule has 0 bridgehead atoms. The molecule has 5 heteroatoms. The molecule has 1 aromatic carbocycles. The average Bonchev–Trinajstić information content (AvgIpc) is 2.75. The van der Waals surface area contributed by atoms with Gasteiger partial charge in [0, 0.05) is 17.7 Å². The second-order valence-corrected chi connectivity index (χ2v) is 6.80. The number of benzene rings is 1. The summed E-state index contributed by atoms with van der Waals surface area (Å²) in [6.07, 6.45) is -0.883. The number of ether oxygens (including phenoxy) is 1. The van der Waals surface area contributed by atoms with E-state index in [1.165, 1.54) is 0 Å². The highest BCUT2D eigenvalue weighted by Gasteiger charge is 2.48. The van der Waals surface area contributed by atoms with E-state index in [1.54, 1.807) is 43.9 Å². The van der Waals surface area contributed by atoms with E-state index >= 15 is 0 Å². The minimum absolute atomic E-state index is 0.0717. The predicted molar refractivity (Wildman–Crippen MR) is 84.7 cm³/mol. The van der Waals surface area contributed by atoms with E-state index in [4.69, 9.17) is 10.00 Å². The fourth-order valence-electron chi connectivity index (χ4n) is 3.24. The molecule has 2 heterocycles. The number of amides is 1. The van der Waals surface area contributed by atoms with Gasteiger partial charge in [0.15, 0.2) is 0 Å². The lowest BCUT2D eigenvalue weighted by molar-refractivity contribution is -0.138. The molecule has 1 N–H and O–H groups in total. The van der Waals surface area contributed by atoms with Crippen LogP contribution in [0.3, 0.4) is 0 Å².